The minimum atomic E-state index is -1.61. The minimum Gasteiger partial charge on any atom is -0.423 e. The molecule has 104 valence electrons. The highest BCUT2D eigenvalue weighted by molar-refractivity contribution is 6.58. The lowest BCUT2D eigenvalue weighted by atomic mass is 9.80. The maximum atomic E-state index is 13.9. The summed E-state index contributed by atoms with van der Waals surface area (Å²) in [6.07, 6.45) is 6.18. The van der Waals surface area contributed by atoms with Crippen molar-refractivity contribution >= 4 is 12.6 Å². The number of rotatable bonds is 3. The van der Waals surface area contributed by atoms with Crippen molar-refractivity contribution < 1.29 is 14.4 Å². The molecule has 1 aromatic rings. The third-order valence-electron chi connectivity index (χ3n) is 3.72. The third kappa shape index (κ3) is 4.30. The van der Waals surface area contributed by atoms with Crippen molar-refractivity contribution in [1.82, 2.24) is 4.90 Å². The Morgan fingerprint density at radius 3 is 2.26 bits per heavy atom. The molecular formula is C14H21BFNO2. The summed E-state index contributed by atoms with van der Waals surface area (Å²) in [5.41, 5.74) is 0.832. The van der Waals surface area contributed by atoms with Crippen molar-refractivity contribution in [2.75, 3.05) is 13.1 Å². The topological polar surface area (TPSA) is 43.7 Å². The molecule has 1 aliphatic rings. The van der Waals surface area contributed by atoms with E-state index in [-0.39, 0.29) is 11.3 Å². The zero-order valence-corrected chi connectivity index (χ0v) is 11.2. The molecule has 0 saturated carbocycles. The highest BCUT2D eigenvalue weighted by Gasteiger charge is 2.15. The third-order valence-corrected chi connectivity index (χ3v) is 3.72. The molecule has 1 fully saturated rings. The first-order valence-electron chi connectivity index (χ1n) is 7.03. The number of likely N-dealkylation sites (tertiary alicyclic amines) is 1. The number of halogens is 1. The molecule has 0 aliphatic carbocycles. The summed E-state index contributed by atoms with van der Waals surface area (Å²) in [4.78, 5) is 2.28. The second-order valence-electron chi connectivity index (χ2n) is 5.27. The first-order valence-corrected chi connectivity index (χ1v) is 7.03. The molecule has 5 heteroatoms. The highest BCUT2D eigenvalue weighted by atomic mass is 19.1. The summed E-state index contributed by atoms with van der Waals surface area (Å²) in [6, 6.07) is 4.44. The Balaban J connectivity index is 2.01. The van der Waals surface area contributed by atoms with E-state index in [0.717, 1.165) is 13.1 Å². The summed E-state index contributed by atoms with van der Waals surface area (Å²) >= 11 is 0. The van der Waals surface area contributed by atoms with Crippen molar-refractivity contribution in [3.63, 3.8) is 0 Å². The lowest BCUT2D eigenvalue weighted by Gasteiger charge is -2.24. The highest BCUT2D eigenvalue weighted by Crippen LogP contribution is 2.14. The van der Waals surface area contributed by atoms with E-state index >= 15 is 0 Å². The Bertz CT molecular complexity index is 406. The van der Waals surface area contributed by atoms with Gasteiger partial charge in [-0.25, -0.2) is 4.39 Å². The molecule has 0 amide bonds. The summed E-state index contributed by atoms with van der Waals surface area (Å²) in [5.74, 6) is -0.354. The van der Waals surface area contributed by atoms with Crippen molar-refractivity contribution in [3.8, 4) is 0 Å². The molecule has 1 aromatic carbocycles. The molecular weight excluding hydrogens is 244 g/mol. The summed E-state index contributed by atoms with van der Waals surface area (Å²) < 4.78 is 13.9. The van der Waals surface area contributed by atoms with E-state index in [1.54, 1.807) is 12.1 Å². The standard InChI is InChI=1S/C14H21BFNO2/c16-14-10-13(15(18)19)7-6-12(14)11-17-8-4-2-1-3-5-9-17/h6-7,10,18-19H,1-5,8-9,11H2. The second kappa shape index (κ2) is 7.03. The predicted octanol–water partition coefficient (Wildman–Crippen LogP) is 1.27. The average molecular weight is 265 g/mol. The molecule has 2 rings (SSSR count). The van der Waals surface area contributed by atoms with Gasteiger partial charge in [0, 0.05) is 12.1 Å². The van der Waals surface area contributed by atoms with Gasteiger partial charge in [-0.15, -0.1) is 0 Å². The molecule has 0 atom stereocenters. The fourth-order valence-corrected chi connectivity index (χ4v) is 2.56. The molecule has 0 aromatic heterocycles. The van der Waals surface area contributed by atoms with Gasteiger partial charge >= 0.3 is 7.12 Å². The molecule has 0 unspecified atom stereocenters. The molecule has 0 bridgehead atoms. The molecule has 1 saturated heterocycles. The van der Waals surface area contributed by atoms with Crippen LogP contribution in [0.1, 0.15) is 37.7 Å². The zero-order valence-electron chi connectivity index (χ0n) is 11.2. The van der Waals surface area contributed by atoms with Crippen LogP contribution in [0.3, 0.4) is 0 Å². The van der Waals surface area contributed by atoms with E-state index in [4.69, 9.17) is 10.0 Å². The Labute approximate surface area is 114 Å². The molecule has 1 aliphatic heterocycles. The minimum absolute atomic E-state index is 0.203. The molecule has 19 heavy (non-hydrogen) atoms. The van der Waals surface area contributed by atoms with E-state index in [1.165, 1.54) is 38.2 Å². The van der Waals surface area contributed by atoms with E-state index in [0.29, 0.717) is 12.1 Å². The maximum absolute atomic E-state index is 13.9. The fraction of sp³-hybridized carbons (Fsp3) is 0.571. The number of hydrogen-bond donors (Lipinski definition) is 2. The van der Waals surface area contributed by atoms with Crippen molar-refractivity contribution in [2.45, 2.75) is 38.6 Å². The zero-order chi connectivity index (χ0) is 13.7. The van der Waals surface area contributed by atoms with Crippen LogP contribution in [0.4, 0.5) is 4.39 Å². The van der Waals surface area contributed by atoms with Gasteiger partial charge in [0.1, 0.15) is 5.82 Å². The molecule has 2 N–H and O–H groups in total. The van der Waals surface area contributed by atoms with Crippen LogP contribution in [0, 0.1) is 5.82 Å². The van der Waals surface area contributed by atoms with E-state index in [2.05, 4.69) is 4.90 Å². The molecule has 3 nitrogen and oxygen atoms in total. The number of nitrogens with zero attached hydrogens (tertiary/aromatic N) is 1. The predicted molar refractivity (Wildman–Crippen MR) is 74.6 cm³/mol. The Kier molecular flexibility index (Phi) is 5.37. The van der Waals surface area contributed by atoms with Crippen molar-refractivity contribution in [3.05, 3.63) is 29.6 Å². The van der Waals surface area contributed by atoms with Gasteiger partial charge in [0.2, 0.25) is 0 Å². The van der Waals surface area contributed by atoms with Gasteiger partial charge in [-0.1, -0.05) is 31.4 Å². The van der Waals surface area contributed by atoms with Gasteiger partial charge < -0.3 is 10.0 Å². The van der Waals surface area contributed by atoms with E-state index < -0.39 is 7.12 Å². The second-order valence-corrected chi connectivity index (χ2v) is 5.27. The summed E-state index contributed by atoms with van der Waals surface area (Å²) in [5, 5.41) is 18.0. The van der Waals surface area contributed by atoms with Crippen LogP contribution in [0.25, 0.3) is 0 Å². The monoisotopic (exact) mass is 265 g/mol. The van der Waals surface area contributed by atoms with Gasteiger partial charge in [0.15, 0.2) is 0 Å². The average Bonchev–Trinajstić information content (AvgIpc) is 2.34. The first-order chi connectivity index (χ1) is 9.16. The van der Waals surface area contributed by atoms with Gasteiger partial charge in [0.25, 0.3) is 0 Å². The van der Waals surface area contributed by atoms with Crippen LogP contribution in [-0.4, -0.2) is 35.2 Å². The van der Waals surface area contributed by atoms with Crippen LogP contribution >= 0.6 is 0 Å². The van der Waals surface area contributed by atoms with Crippen molar-refractivity contribution in [1.29, 1.82) is 0 Å². The largest absolute Gasteiger partial charge is 0.488 e. The number of hydrogen-bond acceptors (Lipinski definition) is 3. The van der Waals surface area contributed by atoms with Crippen LogP contribution in [-0.2, 0) is 6.54 Å². The smallest absolute Gasteiger partial charge is 0.423 e. The summed E-state index contributed by atoms with van der Waals surface area (Å²) in [6.45, 7) is 2.64. The van der Waals surface area contributed by atoms with Crippen molar-refractivity contribution in [2.24, 2.45) is 0 Å². The molecule has 1 heterocycles. The fourth-order valence-electron chi connectivity index (χ4n) is 2.56. The Morgan fingerprint density at radius 2 is 1.68 bits per heavy atom. The van der Waals surface area contributed by atoms with E-state index in [1.807, 2.05) is 0 Å². The van der Waals surface area contributed by atoms with Crippen LogP contribution in [0.2, 0.25) is 0 Å². The normalized spacial score (nSPS) is 17.8. The molecule has 0 radical (unpaired) electrons. The van der Waals surface area contributed by atoms with Crippen LogP contribution in [0.5, 0.6) is 0 Å². The van der Waals surface area contributed by atoms with Crippen LogP contribution < -0.4 is 5.46 Å². The first kappa shape index (κ1) is 14.5. The lowest BCUT2D eigenvalue weighted by Crippen LogP contribution is -2.31. The summed E-state index contributed by atoms with van der Waals surface area (Å²) in [7, 11) is -1.61. The van der Waals surface area contributed by atoms with Gasteiger partial charge in [-0.3, -0.25) is 4.90 Å². The Hall–Kier alpha value is -0.905. The van der Waals surface area contributed by atoms with Gasteiger partial charge in [-0.2, -0.15) is 0 Å². The molecule has 0 spiro atoms. The SMILES string of the molecule is OB(O)c1ccc(CN2CCCCCCC2)c(F)c1. The maximum Gasteiger partial charge on any atom is 0.488 e. The van der Waals surface area contributed by atoms with Crippen LogP contribution in [0.15, 0.2) is 18.2 Å². The van der Waals surface area contributed by atoms with Gasteiger partial charge in [0.05, 0.1) is 0 Å². The van der Waals surface area contributed by atoms with E-state index in [9.17, 15) is 4.39 Å². The Morgan fingerprint density at radius 1 is 1.05 bits per heavy atom. The van der Waals surface area contributed by atoms with Gasteiger partial charge in [-0.05, 0) is 37.5 Å². The number of benzene rings is 1. The quantitative estimate of drug-likeness (QED) is 0.809. The lowest BCUT2D eigenvalue weighted by molar-refractivity contribution is 0.237.